The van der Waals surface area contributed by atoms with Crippen LogP contribution in [0.15, 0.2) is 36.5 Å². The van der Waals surface area contributed by atoms with Crippen LogP contribution in [0.1, 0.15) is 5.56 Å². The summed E-state index contributed by atoms with van der Waals surface area (Å²) in [5, 5.41) is 0. The Morgan fingerprint density at radius 2 is 1.75 bits per heavy atom. The van der Waals surface area contributed by atoms with Crippen LogP contribution in [-0.4, -0.2) is 4.98 Å². The standard InChI is InChI=1S/C12H8ClF2N/c13-7-9-5-6-16-12(11(9)15)8-1-3-10(14)4-2-8/h1-6H,7H2. The molecule has 0 saturated heterocycles. The maximum Gasteiger partial charge on any atom is 0.153 e. The molecule has 0 bridgehead atoms. The highest BCUT2D eigenvalue weighted by Gasteiger charge is 2.10. The van der Waals surface area contributed by atoms with Gasteiger partial charge in [0.05, 0.1) is 5.88 Å². The van der Waals surface area contributed by atoms with Gasteiger partial charge in [-0.25, -0.2) is 8.78 Å². The SMILES string of the molecule is Fc1ccc(-c2nccc(CCl)c2F)cc1. The predicted octanol–water partition coefficient (Wildman–Crippen LogP) is 3.77. The molecule has 16 heavy (non-hydrogen) atoms. The summed E-state index contributed by atoms with van der Waals surface area (Å²) in [6, 6.07) is 7.03. The number of alkyl halides is 1. The summed E-state index contributed by atoms with van der Waals surface area (Å²) < 4.78 is 26.5. The number of hydrogen-bond donors (Lipinski definition) is 0. The quantitative estimate of drug-likeness (QED) is 0.727. The zero-order valence-electron chi connectivity index (χ0n) is 8.25. The molecule has 0 atom stereocenters. The molecule has 1 heterocycles. The van der Waals surface area contributed by atoms with Crippen LogP contribution in [0, 0.1) is 11.6 Å². The second kappa shape index (κ2) is 4.58. The highest BCUT2D eigenvalue weighted by Crippen LogP contribution is 2.23. The van der Waals surface area contributed by atoms with Crippen molar-refractivity contribution in [2.45, 2.75) is 5.88 Å². The van der Waals surface area contributed by atoms with Crippen molar-refractivity contribution in [3.8, 4) is 11.3 Å². The fraction of sp³-hybridized carbons (Fsp3) is 0.0833. The molecular weight excluding hydrogens is 232 g/mol. The Kier molecular flexibility index (Phi) is 3.15. The Morgan fingerprint density at radius 1 is 1.06 bits per heavy atom. The summed E-state index contributed by atoms with van der Waals surface area (Å²) >= 11 is 5.59. The van der Waals surface area contributed by atoms with Crippen molar-refractivity contribution in [3.63, 3.8) is 0 Å². The Bertz CT molecular complexity index is 497. The molecule has 2 rings (SSSR count). The first-order valence-electron chi connectivity index (χ1n) is 4.67. The van der Waals surface area contributed by atoms with E-state index >= 15 is 0 Å². The summed E-state index contributed by atoms with van der Waals surface area (Å²) in [4.78, 5) is 3.93. The van der Waals surface area contributed by atoms with Crippen LogP contribution in [0.3, 0.4) is 0 Å². The lowest BCUT2D eigenvalue weighted by atomic mass is 10.1. The summed E-state index contributed by atoms with van der Waals surface area (Å²) in [5.41, 5.74) is 1.11. The van der Waals surface area contributed by atoms with Crippen LogP contribution >= 0.6 is 11.6 Å². The number of benzene rings is 1. The second-order valence-electron chi connectivity index (χ2n) is 3.27. The zero-order valence-corrected chi connectivity index (χ0v) is 9.01. The molecule has 82 valence electrons. The van der Waals surface area contributed by atoms with Crippen molar-refractivity contribution < 1.29 is 8.78 Å². The maximum atomic E-state index is 13.8. The number of rotatable bonds is 2. The number of aromatic nitrogens is 1. The highest BCUT2D eigenvalue weighted by atomic mass is 35.5. The van der Waals surface area contributed by atoms with Crippen molar-refractivity contribution >= 4 is 11.6 Å². The molecule has 0 fully saturated rings. The molecule has 1 aromatic heterocycles. The molecule has 0 aliphatic heterocycles. The third kappa shape index (κ3) is 2.04. The first-order valence-corrected chi connectivity index (χ1v) is 5.21. The van der Waals surface area contributed by atoms with Crippen LogP contribution < -0.4 is 0 Å². The first-order chi connectivity index (χ1) is 7.72. The fourth-order valence-electron chi connectivity index (χ4n) is 1.40. The molecule has 0 amide bonds. The van der Waals surface area contributed by atoms with Gasteiger partial charge in [-0.2, -0.15) is 0 Å². The van der Waals surface area contributed by atoms with E-state index in [0.717, 1.165) is 0 Å². The molecule has 0 N–H and O–H groups in total. The lowest BCUT2D eigenvalue weighted by Gasteiger charge is -2.05. The van der Waals surface area contributed by atoms with Crippen LogP contribution in [0.2, 0.25) is 0 Å². The molecule has 2 aromatic rings. The fourth-order valence-corrected chi connectivity index (χ4v) is 1.60. The van der Waals surface area contributed by atoms with Crippen LogP contribution in [0.4, 0.5) is 8.78 Å². The van der Waals surface area contributed by atoms with E-state index in [-0.39, 0.29) is 17.4 Å². The molecule has 0 radical (unpaired) electrons. The van der Waals surface area contributed by atoms with E-state index < -0.39 is 5.82 Å². The van der Waals surface area contributed by atoms with Gasteiger partial charge >= 0.3 is 0 Å². The molecule has 1 nitrogen and oxygen atoms in total. The lowest BCUT2D eigenvalue weighted by Crippen LogP contribution is -1.94. The van der Waals surface area contributed by atoms with E-state index in [1.807, 2.05) is 0 Å². The molecule has 0 unspecified atom stereocenters. The van der Waals surface area contributed by atoms with Crippen molar-refractivity contribution in [2.24, 2.45) is 0 Å². The van der Waals surface area contributed by atoms with E-state index in [9.17, 15) is 8.78 Å². The molecule has 0 aliphatic rings. The van der Waals surface area contributed by atoms with Gasteiger partial charge in [0.1, 0.15) is 11.5 Å². The smallest absolute Gasteiger partial charge is 0.153 e. The number of hydrogen-bond acceptors (Lipinski definition) is 1. The average Bonchev–Trinajstić information content (AvgIpc) is 2.31. The topological polar surface area (TPSA) is 12.9 Å². The average molecular weight is 240 g/mol. The predicted molar refractivity (Wildman–Crippen MR) is 59.1 cm³/mol. The van der Waals surface area contributed by atoms with Crippen LogP contribution in [-0.2, 0) is 5.88 Å². The minimum atomic E-state index is -0.455. The normalized spacial score (nSPS) is 10.4. The number of pyridine rings is 1. The Morgan fingerprint density at radius 3 is 2.38 bits per heavy atom. The summed E-state index contributed by atoms with van der Waals surface area (Å²) in [6.07, 6.45) is 1.49. The summed E-state index contributed by atoms with van der Waals surface area (Å²) in [5.74, 6) is -0.732. The van der Waals surface area contributed by atoms with Gasteiger partial charge in [-0.05, 0) is 30.3 Å². The van der Waals surface area contributed by atoms with Crippen molar-refractivity contribution in [2.75, 3.05) is 0 Å². The third-order valence-electron chi connectivity index (χ3n) is 2.23. The van der Waals surface area contributed by atoms with E-state index in [2.05, 4.69) is 4.98 Å². The third-order valence-corrected chi connectivity index (χ3v) is 2.52. The lowest BCUT2D eigenvalue weighted by molar-refractivity contribution is 0.614. The number of nitrogens with zero attached hydrogens (tertiary/aromatic N) is 1. The molecule has 0 aliphatic carbocycles. The molecule has 4 heteroatoms. The second-order valence-corrected chi connectivity index (χ2v) is 3.54. The zero-order chi connectivity index (χ0) is 11.5. The van der Waals surface area contributed by atoms with Gasteiger partial charge in [0.15, 0.2) is 5.82 Å². The van der Waals surface area contributed by atoms with Gasteiger partial charge < -0.3 is 0 Å². The van der Waals surface area contributed by atoms with E-state index in [0.29, 0.717) is 11.1 Å². The minimum absolute atomic E-state index is 0.0859. The van der Waals surface area contributed by atoms with Crippen molar-refractivity contribution in [1.82, 2.24) is 4.98 Å². The molecule has 0 saturated carbocycles. The summed E-state index contributed by atoms with van der Waals surface area (Å²) in [6.45, 7) is 0. The van der Waals surface area contributed by atoms with Crippen molar-refractivity contribution in [3.05, 3.63) is 53.7 Å². The molecule has 0 spiro atoms. The Labute approximate surface area is 96.7 Å². The van der Waals surface area contributed by atoms with E-state index in [4.69, 9.17) is 11.6 Å². The Balaban J connectivity index is 2.51. The van der Waals surface area contributed by atoms with E-state index in [1.165, 1.54) is 36.5 Å². The first kappa shape index (κ1) is 11.0. The van der Waals surface area contributed by atoms with Crippen LogP contribution in [0.5, 0.6) is 0 Å². The summed E-state index contributed by atoms with van der Waals surface area (Å²) in [7, 11) is 0. The van der Waals surface area contributed by atoms with E-state index in [1.54, 1.807) is 0 Å². The molecular formula is C12H8ClF2N. The van der Waals surface area contributed by atoms with Gasteiger partial charge in [0.2, 0.25) is 0 Å². The largest absolute Gasteiger partial charge is 0.253 e. The maximum absolute atomic E-state index is 13.8. The van der Waals surface area contributed by atoms with Gasteiger partial charge in [-0.15, -0.1) is 11.6 Å². The highest BCUT2D eigenvalue weighted by molar-refractivity contribution is 6.17. The van der Waals surface area contributed by atoms with Crippen molar-refractivity contribution in [1.29, 1.82) is 0 Å². The minimum Gasteiger partial charge on any atom is -0.253 e. The Hall–Kier alpha value is -1.48. The van der Waals surface area contributed by atoms with Gasteiger partial charge in [-0.1, -0.05) is 0 Å². The number of halogens is 3. The van der Waals surface area contributed by atoms with Gasteiger partial charge in [0, 0.05) is 17.3 Å². The monoisotopic (exact) mass is 239 g/mol. The van der Waals surface area contributed by atoms with Gasteiger partial charge in [0.25, 0.3) is 0 Å². The molecule has 1 aromatic carbocycles. The van der Waals surface area contributed by atoms with Gasteiger partial charge in [-0.3, -0.25) is 4.98 Å². The van der Waals surface area contributed by atoms with Crippen LogP contribution in [0.25, 0.3) is 11.3 Å².